The molecule has 8 heteroatoms. The van der Waals surface area contributed by atoms with Crippen LogP contribution in [0.1, 0.15) is 32.8 Å². The first kappa shape index (κ1) is 24.7. The van der Waals surface area contributed by atoms with E-state index in [-0.39, 0.29) is 24.8 Å². The Labute approximate surface area is 200 Å². The molecule has 0 spiro atoms. The van der Waals surface area contributed by atoms with Crippen molar-refractivity contribution >= 4 is 29.5 Å². The molecule has 0 aliphatic carbocycles. The van der Waals surface area contributed by atoms with Gasteiger partial charge in [0.05, 0.1) is 16.8 Å². The van der Waals surface area contributed by atoms with Gasteiger partial charge in [-0.05, 0) is 44.9 Å². The van der Waals surface area contributed by atoms with E-state index in [0.717, 1.165) is 11.3 Å². The quantitative estimate of drug-likeness (QED) is 0.608. The number of halogens is 1. The molecule has 0 aromatic heterocycles. The van der Waals surface area contributed by atoms with E-state index in [1.165, 1.54) is 0 Å². The van der Waals surface area contributed by atoms with Gasteiger partial charge in [0.25, 0.3) is 0 Å². The van der Waals surface area contributed by atoms with E-state index in [1.54, 1.807) is 9.80 Å². The summed E-state index contributed by atoms with van der Waals surface area (Å²) in [4.78, 5) is 28.9. The van der Waals surface area contributed by atoms with Crippen molar-refractivity contribution in [2.24, 2.45) is 0 Å². The lowest BCUT2D eigenvalue weighted by molar-refractivity contribution is -0.00386. The molecule has 33 heavy (non-hydrogen) atoms. The van der Waals surface area contributed by atoms with Crippen LogP contribution in [0.2, 0.25) is 5.02 Å². The average molecular weight is 474 g/mol. The Balaban J connectivity index is 1.62. The molecule has 1 saturated heterocycles. The van der Waals surface area contributed by atoms with Crippen LogP contribution in [-0.4, -0.2) is 59.8 Å². The van der Waals surface area contributed by atoms with Crippen LogP contribution in [0.3, 0.4) is 0 Å². The molecule has 1 aliphatic heterocycles. The van der Waals surface area contributed by atoms with Crippen LogP contribution in [0.5, 0.6) is 0 Å². The minimum atomic E-state index is -0.594. The molecule has 0 unspecified atom stereocenters. The van der Waals surface area contributed by atoms with Crippen LogP contribution in [0, 0.1) is 0 Å². The van der Waals surface area contributed by atoms with Crippen molar-refractivity contribution < 1.29 is 19.1 Å². The molecule has 1 fully saturated rings. The molecule has 1 N–H and O–H groups in total. The maximum Gasteiger partial charge on any atom is 0.410 e. The minimum absolute atomic E-state index is 0.213. The largest absolute Gasteiger partial charge is 0.445 e. The molecular formula is C25H32ClN3O4. The van der Waals surface area contributed by atoms with E-state index in [4.69, 9.17) is 21.1 Å². The lowest BCUT2D eigenvalue weighted by Crippen LogP contribution is -2.57. The number of para-hydroxylation sites is 1. The lowest BCUT2D eigenvalue weighted by Gasteiger charge is -2.41. The van der Waals surface area contributed by atoms with Crippen molar-refractivity contribution in [3.05, 3.63) is 65.2 Å². The molecule has 178 valence electrons. The van der Waals surface area contributed by atoms with Gasteiger partial charge in [-0.3, -0.25) is 0 Å². The maximum atomic E-state index is 12.8. The average Bonchev–Trinajstić information content (AvgIpc) is 2.78. The van der Waals surface area contributed by atoms with E-state index in [1.807, 2.05) is 75.4 Å². The summed E-state index contributed by atoms with van der Waals surface area (Å²) in [6, 6.07) is 16.9. The highest BCUT2D eigenvalue weighted by Gasteiger charge is 2.35. The molecular weight excluding hydrogens is 442 g/mol. The predicted molar refractivity (Wildman–Crippen MR) is 129 cm³/mol. The van der Waals surface area contributed by atoms with E-state index in [2.05, 4.69) is 5.32 Å². The fourth-order valence-electron chi connectivity index (χ4n) is 3.62. The van der Waals surface area contributed by atoms with E-state index in [9.17, 15) is 9.59 Å². The van der Waals surface area contributed by atoms with E-state index < -0.39 is 5.60 Å². The van der Waals surface area contributed by atoms with Gasteiger partial charge < -0.3 is 24.6 Å². The van der Waals surface area contributed by atoms with Crippen molar-refractivity contribution in [1.29, 1.82) is 0 Å². The number of piperazine rings is 1. The molecule has 0 radical (unpaired) electrons. The first-order valence-corrected chi connectivity index (χ1v) is 11.5. The van der Waals surface area contributed by atoms with Gasteiger partial charge in [-0.2, -0.15) is 0 Å². The number of carbonyl (C=O) groups excluding carboxylic acids is 2. The topological polar surface area (TPSA) is 71.1 Å². The van der Waals surface area contributed by atoms with Crippen LogP contribution in [0.25, 0.3) is 0 Å². The number of ether oxygens (including phenoxy) is 2. The zero-order valence-electron chi connectivity index (χ0n) is 19.4. The number of anilines is 1. The number of hydrogen-bond donors (Lipinski definition) is 1. The maximum absolute atomic E-state index is 12.8. The minimum Gasteiger partial charge on any atom is -0.445 e. The summed E-state index contributed by atoms with van der Waals surface area (Å²) in [5, 5.41) is 3.95. The van der Waals surface area contributed by atoms with Crippen LogP contribution < -0.4 is 5.32 Å². The molecule has 1 atom stereocenters. The summed E-state index contributed by atoms with van der Waals surface area (Å²) in [7, 11) is 0. The first-order chi connectivity index (χ1) is 15.7. The Morgan fingerprint density at radius 1 is 1.03 bits per heavy atom. The molecule has 3 rings (SSSR count). The second-order valence-electron chi connectivity index (χ2n) is 9.01. The van der Waals surface area contributed by atoms with Crippen LogP contribution in [-0.2, 0) is 16.1 Å². The molecule has 2 aromatic rings. The van der Waals surface area contributed by atoms with Crippen molar-refractivity contribution in [2.75, 3.05) is 31.5 Å². The zero-order chi connectivity index (χ0) is 23.8. The number of amides is 2. The van der Waals surface area contributed by atoms with E-state index >= 15 is 0 Å². The zero-order valence-corrected chi connectivity index (χ0v) is 20.2. The fraction of sp³-hybridized carbons (Fsp3) is 0.440. The van der Waals surface area contributed by atoms with Gasteiger partial charge in [-0.15, -0.1) is 0 Å². The fourth-order valence-corrected chi connectivity index (χ4v) is 3.82. The van der Waals surface area contributed by atoms with Gasteiger partial charge in [0.1, 0.15) is 12.2 Å². The molecule has 2 amide bonds. The van der Waals surface area contributed by atoms with Crippen LogP contribution in [0.15, 0.2) is 54.6 Å². The summed E-state index contributed by atoms with van der Waals surface area (Å²) in [5.41, 5.74) is 1.17. The second kappa shape index (κ2) is 11.3. The van der Waals surface area contributed by atoms with Crippen molar-refractivity contribution in [3.63, 3.8) is 0 Å². The molecule has 1 heterocycles. The monoisotopic (exact) mass is 473 g/mol. The molecule has 7 nitrogen and oxygen atoms in total. The van der Waals surface area contributed by atoms with Crippen LogP contribution >= 0.6 is 11.6 Å². The van der Waals surface area contributed by atoms with Gasteiger partial charge in [0, 0.05) is 26.2 Å². The number of nitrogens with one attached hydrogen (secondary N) is 1. The van der Waals surface area contributed by atoms with Gasteiger partial charge in [-0.1, -0.05) is 54.1 Å². The van der Waals surface area contributed by atoms with Gasteiger partial charge in [-0.25, -0.2) is 9.59 Å². The third kappa shape index (κ3) is 7.56. The summed E-state index contributed by atoms with van der Waals surface area (Å²) in [6.07, 6.45) is -0.137. The molecule has 2 aromatic carbocycles. The van der Waals surface area contributed by atoms with Crippen molar-refractivity contribution in [3.8, 4) is 0 Å². The Morgan fingerprint density at radius 3 is 2.42 bits per heavy atom. The third-order valence-electron chi connectivity index (χ3n) is 5.24. The summed E-state index contributed by atoms with van der Waals surface area (Å²) < 4.78 is 11.1. The Hall–Kier alpha value is -2.93. The Bertz CT molecular complexity index is 933. The van der Waals surface area contributed by atoms with Gasteiger partial charge in [0.15, 0.2) is 0 Å². The van der Waals surface area contributed by atoms with Gasteiger partial charge >= 0.3 is 12.2 Å². The number of carbonyl (C=O) groups is 2. The molecule has 0 saturated carbocycles. The summed E-state index contributed by atoms with van der Waals surface area (Å²) in [5.74, 6) is 0. The lowest BCUT2D eigenvalue weighted by atomic mass is 10.1. The Morgan fingerprint density at radius 2 is 1.73 bits per heavy atom. The van der Waals surface area contributed by atoms with Gasteiger partial charge in [0.2, 0.25) is 0 Å². The second-order valence-corrected chi connectivity index (χ2v) is 9.42. The number of benzene rings is 2. The van der Waals surface area contributed by atoms with E-state index in [0.29, 0.717) is 37.6 Å². The highest BCUT2D eigenvalue weighted by atomic mass is 35.5. The highest BCUT2D eigenvalue weighted by molar-refractivity contribution is 6.33. The molecule has 0 bridgehead atoms. The number of rotatable bonds is 6. The van der Waals surface area contributed by atoms with Crippen molar-refractivity contribution in [1.82, 2.24) is 9.80 Å². The summed E-state index contributed by atoms with van der Waals surface area (Å²) >= 11 is 6.23. The summed E-state index contributed by atoms with van der Waals surface area (Å²) in [6.45, 7) is 7.47. The highest BCUT2D eigenvalue weighted by Crippen LogP contribution is 2.22. The SMILES string of the molecule is CC(C)(C)OC(=O)N1CCN(C(=O)OCc2ccccc2)C[C@H]1CCNc1ccccc1Cl. The normalized spacial score (nSPS) is 16.3. The number of nitrogens with zero attached hydrogens (tertiary/aromatic N) is 2. The molecule has 1 aliphatic rings. The smallest absolute Gasteiger partial charge is 0.410 e. The standard InChI is InChI=1S/C25H32ClN3O4/c1-25(2,3)33-24(31)29-16-15-28(23(30)32-18-19-9-5-4-6-10-19)17-20(29)13-14-27-22-12-8-7-11-21(22)26/h4-12,20,27H,13-18H2,1-3H3/t20-/m1/s1. The first-order valence-electron chi connectivity index (χ1n) is 11.2. The van der Waals surface area contributed by atoms with Crippen LogP contribution in [0.4, 0.5) is 15.3 Å². The Kier molecular flexibility index (Phi) is 8.44. The van der Waals surface area contributed by atoms with Crippen molar-refractivity contribution in [2.45, 2.75) is 45.4 Å². The third-order valence-corrected chi connectivity index (χ3v) is 5.57. The predicted octanol–water partition coefficient (Wildman–Crippen LogP) is 5.40. The number of hydrogen-bond acceptors (Lipinski definition) is 5.